The Balaban J connectivity index is 0.000000286. The second-order valence-corrected chi connectivity index (χ2v) is 7.76. The van der Waals surface area contributed by atoms with Gasteiger partial charge >= 0.3 is 24.3 Å². The molecule has 0 spiro atoms. The van der Waals surface area contributed by atoms with Crippen molar-refractivity contribution in [2.45, 2.75) is 37.7 Å². The molecule has 0 radical (unpaired) electrons. The van der Waals surface area contributed by atoms with Crippen LogP contribution < -0.4 is 0 Å². The van der Waals surface area contributed by atoms with Gasteiger partial charge in [-0.1, -0.05) is 12.1 Å². The Hall–Kier alpha value is -3.75. The van der Waals surface area contributed by atoms with Crippen LogP contribution in [0.3, 0.4) is 0 Å². The molecule has 0 unspecified atom stereocenters. The highest BCUT2D eigenvalue weighted by Gasteiger charge is 2.38. The van der Waals surface area contributed by atoms with Crippen molar-refractivity contribution in [2.24, 2.45) is 0 Å². The molecule has 0 saturated carbocycles. The number of rotatable bonds is 3. The number of halogens is 7. The first-order valence-electron chi connectivity index (χ1n) is 10.5. The third-order valence-corrected chi connectivity index (χ3v) is 5.12. The standard InChI is InChI=1S/C18H19FN4.2C2HF3O2/c19-15-11-20-8-5-14(15)12-23-9-6-13(7-10-23)18-21-16-3-1-2-4-17(16)22-18;2*3-2(4,5)1(6)7/h1-5,8,11,13H,6-7,9-10,12H2,(H,21,22);2*(H,6,7). The highest BCUT2D eigenvalue weighted by atomic mass is 19.4. The number of carbonyl (C=O) groups is 2. The maximum absolute atomic E-state index is 13.7. The fourth-order valence-corrected chi connectivity index (χ4v) is 3.30. The van der Waals surface area contributed by atoms with E-state index < -0.39 is 24.3 Å². The predicted octanol–water partition coefficient (Wildman–Crippen LogP) is 4.74. The number of nitrogens with one attached hydrogen (secondary N) is 1. The number of hydrogen-bond donors (Lipinski definition) is 3. The normalized spacial score (nSPS) is 14.8. The lowest BCUT2D eigenvalue weighted by atomic mass is 9.96. The van der Waals surface area contributed by atoms with Crippen LogP contribution in [0.4, 0.5) is 30.7 Å². The van der Waals surface area contributed by atoms with Crippen molar-refractivity contribution in [1.82, 2.24) is 19.9 Å². The number of imidazole rings is 1. The number of aliphatic carboxylic acids is 2. The summed E-state index contributed by atoms with van der Waals surface area (Å²) in [7, 11) is 0. The number of aromatic amines is 1. The van der Waals surface area contributed by atoms with Crippen molar-refractivity contribution in [1.29, 1.82) is 0 Å². The van der Waals surface area contributed by atoms with Crippen molar-refractivity contribution in [3.63, 3.8) is 0 Å². The smallest absolute Gasteiger partial charge is 0.475 e. The van der Waals surface area contributed by atoms with E-state index >= 15 is 0 Å². The number of benzene rings is 1. The molecule has 1 saturated heterocycles. The second-order valence-electron chi connectivity index (χ2n) is 7.76. The predicted molar refractivity (Wildman–Crippen MR) is 115 cm³/mol. The van der Waals surface area contributed by atoms with Gasteiger partial charge in [0.2, 0.25) is 0 Å². The molecule has 37 heavy (non-hydrogen) atoms. The van der Waals surface area contributed by atoms with Crippen LogP contribution in [-0.2, 0) is 16.1 Å². The van der Waals surface area contributed by atoms with E-state index in [0.29, 0.717) is 12.5 Å². The zero-order valence-corrected chi connectivity index (χ0v) is 18.9. The molecule has 4 rings (SSSR count). The van der Waals surface area contributed by atoms with E-state index in [1.807, 2.05) is 18.2 Å². The van der Waals surface area contributed by atoms with Crippen molar-refractivity contribution in [3.8, 4) is 0 Å². The molecule has 0 bridgehead atoms. The van der Waals surface area contributed by atoms with Crippen LogP contribution in [0.15, 0.2) is 42.7 Å². The Morgan fingerprint density at radius 2 is 1.51 bits per heavy atom. The molecule has 3 aromatic rings. The molecular formula is C22H21F7N4O4. The van der Waals surface area contributed by atoms with Crippen molar-refractivity contribution < 1.29 is 50.5 Å². The third-order valence-electron chi connectivity index (χ3n) is 5.12. The zero-order valence-electron chi connectivity index (χ0n) is 18.9. The number of carboxylic acid groups (broad SMARTS) is 2. The van der Waals surface area contributed by atoms with Gasteiger partial charge in [-0.15, -0.1) is 0 Å². The molecule has 3 heterocycles. The lowest BCUT2D eigenvalue weighted by Crippen LogP contribution is -2.33. The number of H-pyrrole nitrogens is 1. The minimum atomic E-state index is -5.08. The summed E-state index contributed by atoms with van der Waals surface area (Å²) in [6, 6.07) is 9.90. The topological polar surface area (TPSA) is 119 Å². The van der Waals surface area contributed by atoms with E-state index in [1.54, 1.807) is 12.3 Å². The van der Waals surface area contributed by atoms with E-state index in [9.17, 15) is 30.7 Å². The molecule has 1 aliphatic heterocycles. The lowest BCUT2D eigenvalue weighted by molar-refractivity contribution is -0.193. The summed E-state index contributed by atoms with van der Waals surface area (Å²) < 4.78 is 77.2. The number of hydrogen-bond acceptors (Lipinski definition) is 5. The monoisotopic (exact) mass is 538 g/mol. The molecule has 0 aliphatic carbocycles. The van der Waals surface area contributed by atoms with Gasteiger partial charge in [0.15, 0.2) is 0 Å². The molecule has 2 aromatic heterocycles. The van der Waals surface area contributed by atoms with E-state index in [0.717, 1.165) is 48.4 Å². The quantitative estimate of drug-likeness (QED) is 0.412. The minimum Gasteiger partial charge on any atom is -0.475 e. The van der Waals surface area contributed by atoms with E-state index in [4.69, 9.17) is 24.8 Å². The molecule has 8 nitrogen and oxygen atoms in total. The summed E-state index contributed by atoms with van der Waals surface area (Å²) in [6.07, 6.45) is -5.13. The average molecular weight is 538 g/mol. The molecule has 3 N–H and O–H groups in total. The summed E-state index contributed by atoms with van der Waals surface area (Å²) in [5.41, 5.74) is 2.86. The number of alkyl halides is 6. The van der Waals surface area contributed by atoms with Crippen LogP contribution >= 0.6 is 0 Å². The van der Waals surface area contributed by atoms with Crippen LogP contribution in [0.2, 0.25) is 0 Å². The molecular weight excluding hydrogens is 517 g/mol. The van der Waals surface area contributed by atoms with Gasteiger partial charge in [-0.25, -0.2) is 19.0 Å². The fourth-order valence-electron chi connectivity index (χ4n) is 3.30. The molecule has 0 amide bonds. The van der Waals surface area contributed by atoms with Crippen molar-refractivity contribution in [2.75, 3.05) is 13.1 Å². The Kier molecular flexibility index (Phi) is 9.94. The van der Waals surface area contributed by atoms with Crippen LogP contribution in [0.5, 0.6) is 0 Å². The summed E-state index contributed by atoms with van der Waals surface area (Å²) >= 11 is 0. The average Bonchev–Trinajstić information content (AvgIpc) is 3.25. The number of pyridine rings is 1. The number of nitrogens with zero attached hydrogens (tertiary/aromatic N) is 3. The van der Waals surface area contributed by atoms with Crippen LogP contribution in [0.1, 0.15) is 30.1 Å². The Morgan fingerprint density at radius 3 is 2.00 bits per heavy atom. The zero-order chi connectivity index (χ0) is 27.8. The third kappa shape index (κ3) is 9.33. The SMILES string of the molecule is Fc1cnccc1CN1CCC(c2nc3ccccc3[nH]2)CC1.O=C(O)C(F)(F)F.O=C(O)C(F)(F)F. The summed E-state index contributed by atoms with van der Waals surface area (Å²) in [4.78, 5) is 32.1. The van der Waals surface area contributed by atoms with Gasteiger partial charge in [-0.2, -0.15) is 26.3 Å². The fraction of sp³-hybridized carbons (Fsp3) is 0.364. The molecule has 1 aromatic carbocycles. The van der Waals surface area contributed by atoms with Gasteiger partial charge in [0.25, 0.3) is 0 Å². The van der Waals surface area contributed by atoms with E-state index in [-0.39, 0.29) is 5.82 Å². The largest absolute Gasteiger partial charge is 0.490 e. The first-order valence-corrected chi connectivity index (χ1v) is 10.5. The minimum absolute atomic E-state index is 0.216. The first-order chi connectivity index (χ1) is 17.2. The maximum atomic E-state index is 13.7. The molecule has 15 heteroatoms. The molecule has 0 atom stereocenters. The lowest BCUT2D eigenvalue weighted by Gasteiger charge is -2.31. The highest BCUT2D eigenvalue weighted by Crippen LogP contribution is 2.28. The number of para-hydroxylation sites is 2. The number of likely N-dealkylation sites (tertiary alicyclic amines) is 1. The van der Waals surface area contributed by atoms with Crippen LogP contribution in [0, 0.1) is 5.82 Å². The molecule has 202 valence electrons. The van der Waals surface area contributed by atoms with Crippen LogP contribution in [-0.4, -0.2) is 67.4 Å². The van der Waals surface area contributed by atoms with Gasteiger partial charge in [-0.3, -0.25) is 9.88 Å². The highest BCUT2D eigenvalue weighted by molar-refractivity contribution is 5.75. The Bertz CT molecular complexity index is 1130. The Morgan fingerprint density at radius 1 is 0.973 bits per heavy atom. The first kappa shape index (κ1) is 29.5. The maximum Gasteiger partial charge on any atom is 0.490 e. The van der Waals surface area contributed by atoms with Gasteiger partial charge < -0.3 is 15.2 Å². The van der Waals surface area contributed by atoms with Gasteiger partial charge in [0, 0.05) is 24.2 Å². The molecule has 1 fully saturated rings. The second kappa shape index (κ2) is 12.5. The number of piperidine rings is 1. The molecule has 1 aliphatic rings. The number of fused-ring (bicyclic) bond motifs is 1. The van der Waals surface area contributed by atoms with Gasteiger partial charge in [0.1, 0.15) is 11.6 Å². The number of carboxylic acids is 2. The summed E-state index contributed by atoms with van der Waals surface area (Å²) in [5.74, 6) is -4.19. The van der Waals surface area contributed by atoms with E-state index in [2.05, 4.69) is 20.9 Å². The van der Waals surface area contributed by atoms with E-state index in [1.165, 1.54) is 6.20 Å². The Labute approximate surface area is 204 Å². The summed E-state index contributed by atoms with van der Waals surface area (Å²) in [6.45, 7) is 2.58. The van der Waals surface area contributed by atoms with Gasteiger partial charge in [-0.05, 0) is 44.1 Å². The number of aromatic nitrogens is 3. The van der Waals surface area contributed by atoms with Crippen molar-refractivity contribution in [3.05, 3.63) is 59.9 Å². The van der Waals surface area contributed by atoms with Crippen molar-refractivity contribution >= 4 is 23.0 Å². The van der Waals surface area contributed by atoms with Crippen LogP contribution in [0.25, 0.3) is 11.0 Å². The summed E-state index contributed by atoms with van der Waals surface area (Å²) in [5, 5.41) is 14.2. The van der Waals surface area contributed by atoms with Gasteiger partial charge in [0.05, 0.1) is 17.2 Å².